The Balaban J connectivity index is 1.25. The molecule has 0 unspecified atom stereocenters. The lowest BCUT2D eigenvalue weighted by atomic mass is 10.1. The van der Waals surface area contributed by atoms with Crippen molar-refractivity contribution in [1.82, 2.24) is 29.9 Å². The Morgan fingerprint density at radius 2 is 0.788 bits per heavy atom. The monoisotopic (exact) mass is 740 g/mol. The predicted octanol–water partition coefficient (Wildman–Crippen LogP) is 4.86. The first kappa shape index (κ1) is 35.1. The van der Waals surface area contributed by atoms with E-state index in [4.69, 9.17) is 11.5 Å². The van der Waals surface area contributed by atoms with Gasteiger partial charge in [-0.2, -0.15) is 46.7 Å². The molecule has 0 fully saturated rings. The maximum atomic E-state index is 12.4. The number of hydrogen-bond acceptors (Lipinski definition) is 16. The molecular formula is C32H28N12O6S2. The summed E-state index contributed by atoms with van der Waals surface area (Å²) in [6.45, 7) is 0. The quantitative estimate of drug-likeness (QED) is 0.0614. The molecular weight excluding hydrogens is 713 g/mol. The van der Waals surface area contributed by atoms with Crippen LogP contribution in [0.4, 0.5) is 58.4 Å². The molecule has 0 saturated heterocycles. The van der Waals surface area contributed by atoms with Gasteiger partial charge in [-0.25, -0.2) is 0 Å². The maximum absolute atomic E-state index is 12.4. The number of nitrogens with zero attached hydrogens (tertiary/aromatic N) is 6. The van der Waals surface area contributed by atoms with Gasteiger partial charge in [0.05, 0.1) is 0 Å². The van der Waals surface area contributed by atoms with Crippen molar-refractivity contribution < 1.29 is 25.9 Å². The summed E-state index contributed by atoms with van der Waals surface area (Å²) in [5.41, 5.74) is 13.4. The average Bonchev–Trinajstić information content (AvgIpc) is 3.07. The van der Waals surface area contributed by atoms with Gasteiger partial charge in [-0.05, 0) is 59.7 Å². The summed E-state index contributed by atoms with van der Waals surface area (Å²) in [4.78, 5) is 23.6. The molecule has 0 amide bonds. The Labute approximate surface area is 296 Å². The van der Waals surface area contributed by atoms with Gasteiger partial charge < -0.3 is 32.7 Å². The first-order valence-corrected chi connectivity index (χ1v) is 17.8. The van der Waals surface area contributed by atoms with E-state index >= 15 is 0 Å². The van der Waals surface area contributed by atoms with E-state index in [1.54, 1.807) is 24.3 Å². The van der Waals surface area contributed by atoms with Gasteiger partial charge in [0.25, 0.3) is 20.2 Å². The third kappa shape index (κ3) is 9.08. The zero-order valence-corrected chi connectivity index (χ0v) is 28.2. The number of para-hydroxylation sites is 2. The molecule has 2 heterocycles. The number of nitrogen functional groups attached to an aromatic ring is 2. The fourth-order valence-corrected chi connectivity index (χ4v) is 6.11. The number of benzene rings is 4. The van der Waals surface area contributed by atoms with Crippen molar-refractivity contribution in [3.05, 3.63) is 108 Å². The van der Waals surface area contributed by atoms with E-state index in [0.717, 1.165) is 12.1 Å². The second-order valence-corrected chi connectivity index (χ2v) is 13.5. The van der Waals surface area contributed by atoms with E-state index in [1.165, 1.54) is 36.4 Å². The van der Waals surface area contributed by atoms with Crippen LogP contribution < -0.4 is 32.7 Å². The molecule has 20 heteroatoms. The molecule has 0 radical (unpaired) electrons. The van der Waals surface area contributed by atoms with Crippen LogP contribution in [-0.2, 0) is 20.2 Å². The van der Waals surface area contributed by atoms with Gasteiger partial charge in [-0.3, -0.25) is 9.11 Å². The second kappa shape index (κ2) is 14.6. The fourth-order valence-electron chi connectivity index (χ4n) is 4.69. The number of rotatable bonds is 12. The average molecular weight is 741 g/mol. The molecule has 18 nitrogen and oxygen atoms in total. The molecule has 0 aliphatic heterocycles. The third-order valence-electron chi connectivity index (χ3n) is 6.90. The largest absolute Gasteiger partial charge is 0.368 e. The highest BCUT2D eigenvalue weighted by atomic mass is 32.2. The van der Waals surface area contributed by atoms with Crippen molar-refractivity contribution >= 4 is 90.8 Å². The highest BCUT2D eigenvalue weighted by Gasteiger charge is 2.19. The minimum atomic E-state index is -4.81. The molecule has 52 heavy (non-hydrogen) atoms. The second-order valence-electron chi connectivity index (χ2n) is 10.7. The number of aromatic nitrogens is 6. The molecule has 0 bridgehead atoms. The minimum Gasteiger partial charge on any atom is -0.368 e. The first-order chi connectivity index (χ1) is 24.8. The van der Waals surface area contributed by atoms with Gasteiger partial charge in [0, 0.05) is 22.7 Å². The molecule has 0 aliphatic carbocycles. The summed E-state index contributed by atoms with van der Waals surface area (Å²) in [6.07, 6.45) is 2.50. The van der Waals surface area contributed by atoms with E-state index in [1.807, 2.05) is 36.4 Å². The molecule has 0 saturated carbocycles. The summed E-state index contributed by atoms with van der Waals surface area (Å²) in [5, 5.41) is 11.6. The van der Waals surface area contributed by atoms with E-state index in [9.17, 15) is 25.9 Å². The summed E-state index contributed by atoms with van der Waals surface area (Å²) >= 11 is 0. The van der Waals surface area contributed by atoms with Gasteiger partial charge in [-0.1, -0.05) is 60.7 Å². The van der Waals surface area contributed by atoms with Crippen LogP contribution >= 0.6 is 0 Å². The Hall–Kier alpha value is -6.74. The molecule has 6 aromatic rings. The summed E-state index contributed by atoms with van der Waals surface area (Å²) in [5.74, 6) is -0.0500. The Morgan fingerprint density at radius 3 is 1.12 bits per heavy atom. The standard InChI is InChI=1S/C32H28N12O6S2/c33-27-39-29(35-21-7-3-1-4-8-21)43-31(41-27)37-23-15-13-19(25(17-23)51(45,46)47)11-12-20-14-16-24(18-26(20)52(48,49)50)38-32-42-28(34)40-30(44-32)36-22-9-5-2-6-10-22/h1-18H,(H,45,46,47)(H,48,49,50)(H4,33,35,37,39,41,43)(H4,34,36,38,40,42,44). The smallest absolute Gasteiger partial charge is 0.295 e. The van der Waals surface area contributed by atoms with Crippen molar-refractivity contribution in [2.45, 2.75) is 9.79 Å². The lowest BCUT2D eigenvalue weighted by molar-refractivity contribution is 0.480. The Kier molecular flexibility index (Phi) is 9.87. The minimum absolute atomic E-state index is 0.0164. The Morgan fingerprint density at radius 1 is 0.462 bits per heavy atom. The molecule has 10 N–H and O–H groups in total. The topological polar surface area (TPSA) is 286 Å². The van der Waals surface area contributed by atoms with Gasteiger partial charge >= 0.3 is 0 Å². The van der Waals surface area contributed by atoms with Crippen LogP contribution in [0.25, 0.3) is 12.2 Å². The molecule has 6 rings (SSSR count). The van der Waals surface area contributed by atoms with E-state index in [-0.39, 0.29) is 58.2 Å². The van der Waals surface area contributed by atoms with Crippen LogP contribution in [0, 0.1) is 0 Å². The van der Waals surface area contributed by atoms with E-state index in [0.29, 0.717) is 11.4 Å². The zero-order valence-electron chi connectivity index (χ0n) is 26.6. The SMILES string of the molecule is Nc1nc(Nc2ccccc2)nc(Nc2ccc(C=Cc3ccc(Nc4nc(N)nc(Nc5ccccc5)n4)cc3S(=O)(=O)O)c(S(=O)(=O)O)c2)n1. The van der Waals surface area contributed by atoms with Crippen molar-refractivity contribution in [3.8, 4) is 0 Å². The molecule has 264 valence electrons. The summed E-state index contributed by atoms with van der Waals surface area (Å²) in [7, 11) is -9.62. The van der Waals surface area contributed by atoms with Crippen molar-refractivity contribution in [2.24, 2.45) is 0 Å². The molecule has 2 aromatic heterocycles. The van der Waals surface area contributed by atoms with Crippen LogP contribution in [0.1, 0.15) is 11.1 Å². The highest BCUT2D eigenvalue weighted by Crippen LogP contribution is 2.28. The van der Waals surface area contributed by atoms with Crippen molar-refractivity contribution in [1.29, 1.82) is 0 Å². The number of nitrogens with one attached hydrogen (secondary N) is 4. The first-order valence-electron chi connectivity index (χ1n) is 14.9. The van der Waals surface area contributed by atoms with Crippen LogP contribution in [-0.4, -0.2) is 55.8 Å². The Bertz CT molecular complexity index is 2330. The lowest BCUT2D eigenvalue weighted by Gasteiger charge is -2.11. The molecule has 0 aliphatic rings. The van der Waals surface area contributed by atoms with E-state index in [2.05, 4.69) is 51.2 Å². The maximum Gasteiger partial charge on any atom is 0.295 e. The summed E-state index contributed by atoms with van der Waals surface area (Å²) < 4.78 is 69.8. The lowest BCUT2D eigenvalue weighted by Crippen LogP contribution is -2.08. The van der Waals surface area contributed by atoms with Gasteiger partial charge in [0.15, 0.2) is 0 Å². The number of nitrogens with two attached hydrogens (primary N) is 2. The molecule has 0 spiro atoms. The zero-order chi connectivity index (χ0) is 36.9. The van der Waals surface area contributed by atoms with Gasteiger partial charge in [-0.15, -0.1) is 0 Å². The van der Waals surface area contributed by atoms with Crippen molar-refractivity contribution in [3.63, 3.8) is 0 Å². The van der Waals surface area contributed by atoms with Crippen LogP contribution in [0.3, 0.4) is 0 Å². The van der Waals surface area contributed by atoms with Gasteiger partial charge in [0.1, 0.15) is 9.79 Å². The molecule has 0 atom stereocenters. The highest BCUT2D eigenvalue weighted by molar-refractivity contribution is 7.86. The van der Waals surface area contributed by atoms with Crippen LogP contribution in [0.15, 0.2) is 107 Å². The third-order valence-corrected chi connectivity index (χ3v) is 8.72. The van der Waals surface area contributed by atoms with Gasteiger partial charge in [0.2, 0.25) is 35.7 Å². The summed E-state index contributed by atoms with van der Waals surface area (Å²) in [6, 6.07) is 26.0. The van der Waals surface area contributed by atoms with Crippen LogP contribution in [0.2, 0.25) is 0 Å². The normalized spacial score (nSPS) is 11.7. The number of hydrogen-bond donors (Lipinski definition) is 8. The van der Waals surface area contributed by atoms with E-state index < -0.39 is 30.0 Å². The molecule has 4 aromatic carbocycles. The van der Waals surface area contributed by atoms with Crippen molar-refractivity contribution in [2.75, 3.05) is 32.7 Å². The predicted molar refractivity (Wildman–Crippen MR) is 196 cm³/mol. The number of anilines is 10. The fraction of sp³-hybridized carbons (Fsp3) is 0. The van der Waals surface area contributed by atoms with Crippen LogP contribution in [0.5, 0.6) is 0 Å².